The van der Waals surface area contributed by atoms with Crippen molar-refractivity contribution in [2.45, 2.75) is 23.7 Å². The molecule has 26 heavy (non-hydrogen) atoms. The molecule has 0 amide bonds. The summed E-state index contributed by atoms with van der Waals surface area (Å²) in [5.74, 6) is 1.13. The van der Waals surface area contributed by atoms with Gasteiger partial charge in [-0.25, -0.2) is 18.4 Å². The van der Waals surface area contributed by atoms with E-state index in [0.717, 1.165) is 16.9 Å². The Bertz CT molecular complexity index is 1030. The first-order valence-corrected chi connectivity index (χ1v) is 10.8. The summed E-state index contributed by atoms with van der Waals surface area (Å²) < 4.78 is 27.9. The Morgan fingerprint density at radius 3 is 2.69 bits per heavy atom. The third-order valence-electron chi connectivity index (χ3n) is 4.64. The van der Waals surface area contributed by atoms with Gasteiger partial charge in [0.1, 0.15) is 15.9 Å². The van der Waals surface area contributed by atoms with Crippen LogP contribution in [-0.4, -0.2) is 40.8 Å². The second-order valence-electron chi connectivity index (χ2n) is 6.26. The number of rotatable bonds is 3. The van der Waals surface area contributed by atoms with Crippen LogP contribution in [0.4, 0.5) is 0 Å². The molecule has 9 heteroatoms. The van der Waals surface area contributed by atoms with Crippen LogP contribution in [0.15, 0.2) is 45.9 Å². The summed E-state index contributed by atoms with van der Waals surface area (Å²) in [7, 11) is -3.67. The maximum absolute atomic E-state index is 12.9. The maximum Gasteiger partial charge on any atom is 0.246 e. The molecular weight excluding hydrogens is 440 g/mol. The van der Waals surface area contributed by atoms with Crippen molar-refractivity contribution in [2.75, 3.05) is 13.1 Å². The van der Waals surface area contributed by atoms with E-state index in [9.17, 15) is 8.42 Å². The average Bonchev–Trinajstić information content (AvgIpc) is 3.08. The van der Waals surface area contributed by atoms with Gasteiger partial charge in [-0.3, -0.25) is 0 Å². The summed E-state index contributed by atoms with van der Waals surface area (Å²) in [6, 6.07) is 9.38. The monoisotopic (exact) mass is 454 g/mol. The van der Waals surface area contributed by atoms with Crippen LogP contribution in [0.3, 0.4) is 0 Å². The molecule has 3 heterocycles. The summed E-state index contributed by atoms with van der Waals surface area (Å²) in [6.45, 7) is 0.847. The van der Waals surface area contributed by atoms with Gasteiger partial charge in [-0.1, -0.05) is 23.7 Å². The fourth-order valence-corrected chi connectivity index (χ4v) is 5.65. The number of hydrogen-bond donors (Lipinski definition) is 1. The molecule has 1 N–H and O–H groups in total. The lowest BCUT2D eigenvalue weighted by molar-refractivity contribution is 0.314. The van der Waals surface area contributed by atoms with E-state index < -0.39 is 10.0 Å². The third-order valence-corrected chi connectivity index (χ3v) is 7.40. The number of pyridine rings is 1. The van der Waals surface area contributed by atoms with E-state index in [2.05, 4.69) is 30.9 Å². The van der Waals surface area contributed by atoms with Gasteiger partial charge < -0.3 is 4.98 Å². The van der Waals surface area contributed by atoms with E-state index in [1.165, 1.54) is 16.6 Å². The lowest BCUT2D eigenvalue weighted by Gasteiger charge is -2.30. The Morgan fingerprint density at radius 1 is 1.23 bits per heavy atom. The molecule has 0 radical (unpaired) electrons. The van der Waals surface area contributed by atoms with Crippen LogP contribution in [-0.2, 0) is 10.0 Å². The lowest BCUT2D eigenvalue weighted by atomic mass is 9.97. The van der Waals surface area contributed by atoms with Crippen molar-refractivity contribution in [1.82, 2.24) is 19.3 Å². The maximum atomic E-state index is 12.9. The van der Waals surface area contributed by atoms with Crippen molar-refractivity contribution < 1.29 is 8.42 Å². The molecule has 1 aliphatic rings. The quantitative estimate of drug-likeness (QED) is 0.607. The highest BCUT2D eigenvalue weighted by Crippen LogP contribution is 2.32. The summed E-state index contributed by atoms with van der Waals surface area (Å²) >= 11 is 9.27. The van der Waals surface area contributed by atoms with E-state index in [1.54, 1.807) is 0 Å². The van der Waals surface area contributed by atoms with E-state index in [0.29, 0.717) is 30.4 Å². The Balaban J connectivity index is 1.53. The number of para-hydroxylation sites is 2. The first-order chi connectivity index (χ1) is 12.4. The molecule has 1 fully saturated rings. The molecular formula is C17H16BrClN4O2S. The van der Waals surface area contributed by atoms with Crippen molar-refractivity contribution >= 4 is 48.6 Å². The summed E-state index contributed by atoms with van der Waals surface area (Å²) in [4.78, 5) is 12.0. The number of nitrogens with zero attached hydrogens (tertiary/aromatic N) is 3. The second-order valence-corrected chi connectivity index (χ2v) is 9.44. The van der Waals surface area contributed by atoms with E-state index in [-0.39, 0.29) is 16.0 Å². The van der Waals surface area contributed by atoms with Crippen molar-refractivity contribution in [3.05, 3.63) is 52.0 Å². The number of nitrogens with one attached hydrogen (secondary N) is 1. The SMILES string of the molecule is O=S(=O)(c1cc(Br)cnc1Cl)N1CCC(c2nc3ccccc3[nH]2)CC1. The summed E-state index contributed by atoms with van der Waals surface area (Å²) in [5.41, 5.74) is 1.94. The van der Waals surface area contributed by atoms with Crippen molar-refractivity contribution in [3.8, 4) is 0 Å². The molecule has 3 aromatic rings. The zero-order chi connectivity index (χ0) is 18.3. The van der Waals surface area contributed by atoms with Gasteiger partial charge in [-0.15, -0.1) is 0 Å². The Labute approximate surface area is 164 Å². The predicted octanol–water partition coefficient (Wildman–Crippen LogP) is 3.94. The van der Waals surface area contributed by atoms with Gasteiger partial charge in [0.05, 0.1) is 11.0 Å². The molecule has 0 unspecified atom stereocenters. The van der Waals surface area contributed by atoms with Crippen LogP contribution in [0, 0.1) is 0 Å². The molecule has 0 saturated carbocycles. The van der Waals surface area contributed by atoms with Crippen LogP contribution >= 0.6 is 27.5 Å². The number of piperidine rings is 1. The van der Waals surface area contributed by atoms with Crippen LogP contribution in [0.1, 0.15) is 24.6 Å². The predicted molar refractivity (Wildman–Crippen MR) is 104 cm³/mol. The molecule has 0 spiro atoms. The summed E-state index contributed by atoms with van der Waals surface area (Å²) in [5, 5.41) is -0.00684. The molecule has 0 bridgehead atoms. The Kier molecular flexibility index (Phi) is 4.77. The number of aromatic amines is 1. The molecule has 2 aromatic heterocycles. The van der Waals surface area contributed by atoms with Gasteiger partial charge >= 0.3 is 0 Å². The van der Waals surface area contributed by atoms with E-state index >= 15 is 0 Å². The number of fused-ring (bicyclic) bond motifs is 1. The van der Waals surface area contributed by atoms with Gasteiger partial charge in [-0.05, 0) is 47.0 Å². The number of imidazole rings is 1. The standard InChI is InChI=1S/C17H16BrClN4O2S/c18-12-9-15(16(19)20-10-12)26(24,25)23-7-5-11(6-8-23)17-21-13-3-1-2-4-14(13)22-17/h1-4,9-11H,5-8H2,(H,21,22). The zero-order valence-corrected chi connectivity index (χ0v) is 16.9. The molecule has 1 aliphatic heterocycles. The number of hydrogen-bond acceptors (Lipinski definition) is 4. The fourth-order valence-electron chi connectivity index (χ4n) is 3.26. The number of aromatic nitrogens is 3. The lowest BCUT2D eigenvalue weighted by Crippen LogP contribution is -2.38. The zero-order valence-electron chi connectivity index (χ0n) is 13.7. The highest BCUT2D eigenvalue weighted by molar-refractivity contribution is 9.10. The topological polar surface area (TPSA) is 79.0 Å². The fraction of sp³-hybridized carbons (Fsp3) is 0.294. The van der Waals surface area contributed by atoms with Crippen molar-refractivity contribution in [3.63, 3.8) is 0 Å². The van der Waals surface area contributed by atoms with Crippen molar-refractivity contribution in [2.24, 2.45) is 0 Å². The third kappa shape index (κ3) is 3.26. The normalized spacial score (nSPS) is 17.0. The minimum absolute atomic E-state index is 0.00684. The first-order valence-electron chi connectivity index (χ1n) is 8.21. The Morgan fingerprint density at radius 2 is 1.96 bits per heavy atom. The number of H-pyrrole nitrogens is 1. The van der Waals surface area contributed by atoms with Gasteiger partial charge in [-0.2, -0.15) is 4.31 Å². The van der Waals surface area contributed by atoms with Crippen LogP contribution in [0.5, 0.6) is 0 Å². The molecule has 0 aliphatic carbocycles. The molecule has 1 saturated heterocycles. The highest BCUT2D eigenvalue weighted by atomic mass is 79.9. The minimum atomic E-state index is -3.67. The summed E-state index contributed by atoms with van der Waals surface area (Å²) in [6.07, 6.45) is 2.89. The van der Waals surface area contributed by atoms with Gasteiger partial charge in [0, 0.05) is 29.7 Å². The van der Waals surface area contributed by atoms with Crippen LogP contribution in [0.25, 0.3) is 11.0 Å². The van der Waals surface area contributed by atoms with Gasteiger partial charge in [0.2, 0.25) is 10.0 Å². The van der Waals surface area contributed by atoms with Gasteiger partial charge in [0.15, 0.2) is 0 Å². The minimum Gasteiger partial charge on any atom is -0.342 e. The first kappa shape index (κ1) is 17.9. The molecule has 6 nitrogen and oxygen atoms in total. The van der Waals surface area contributed by atoms with Crippen molar-refractivity contribution in [1.29, 1.82) is 0 Å². The average molecular weight is 456 g/mol. The van der Waals surface area contributed by atoms with E-state index in [1.807, 2.05) is 24.3 Å². The molecule has 0 atom stereocenters. The van der Waals surface area contributed by atoms with Gasteiger partial charge in [0.25, 0.3) is 0 Å². The molecule has 1 aromatic carbocycles. The smallest absolute Gasteiger partial charge is 0.246 e. The Hall–Kier alpha value is -1.48. The highest BCUT2D eigenvalue weighted by Gasteiger charge is 2.32. The molecule has 136 valence electrons. The molecule has 4 rings (SSSR count). The van der Waals surface area contributed by atoms with E-state index in [4.69, 9.17) is 11.6 Å². The number of halogens is 2. The number of sulfonamides is 1. The van der Waals surface area contributed by atoms with Crippen LogP contribution in [0.2, 0.25) is 5.15 Å². The second kappa shape index (κ2) is 6.92. The largest absolute Gasteiger partial charge is 0.342 e. The number of benzene rings is 1. The van der Waals surface area contributed by atoms with Crippen LogP contribution < -0.4 is 0 Å².